The molecule has 3 nitrogen and oxygen atoms in total. The number of fused-ring (bicyclic) bond motifs is 1. The monoisotopic (exact) mass is 311 g/mol. The maximum Gasteiger partial charge on any atom is 0.127 e. The zero-order chi connectivity index (χ0) is 14.3. The Morgan fingerprint density at radius 1 is 1.45 bits per heavy atom. The Morgan fingerprint density at radius 3 is 2.85 bits per heavy atom. The first-order valence-corrected chi connectivity index (χ1v) is 7.87. The zero-order valence-electron chi connectivity index (χ0n) is 11.8. The first-order chi connectivity index (χ1) is 9.56. The maximum absolute atomic E-state index is 6.28. The number of halogens is 2. The van der Waals surface area contributed by atoms with E-state index in [1.165, 1.54) is 12.8 Å². The fraction of sp³-hybridized carbons (Fsp3) is 0.533. The summed E-state index contributed by atoms with van der Waals surface area (Å²) in [6, 6.07) is 6.58. The number of benzene rings is 1. The lowest BCUT2D eigenvalue weighted by Crippen LogP contribution is -2.25. The van der Waals surface area contributed by atoms with Gasteiger partial charge in [0.2, 0.25) is 0 Å². The second-order valence-electron chi connectivity index (χ2n) is 5.58. The van der Waals surface area contributed by atoms with E-state index in [2.05, 4.69) is 21.5 Å². The van der Waals surface area contributed by atoms with Crippen molar-refractivity contribution in [2.45, 2.75) is 37.7 Å². The van der Waals surface area contributed by atoms with Crippen LogP contribution >= 0.6 is 23.2 Å². The third-order valence-electron chi connectivity index (χ3n) is 3.94. The van der Waals surface area contributed by atoms with Gasteiger partial charge >= 0.3 is 0 Å². The molecule has 1 aromatic carbocycles. The van der Waals surface area contributed by atoms with Gasteiger partial charge in [-0.05, 0) is 45.0 Å². The predicted octanol–water partition coefficient (Wildman–Crippen LogP) is 4.08. The number of alkyl halides is 1. The van der Waals surface area contributed by atoms with Gasteiger partial charge in [0, 0.05) is 24.2 Å². The fourth-order valence-corrected chi connectivity index (χ4v) is 2.94. The summed E-state index contributed by atoms with van der Waals surface area (Å²) in [5.74, 6) is 0.924. The van der Waals surface area contributed by atoms with Gasteiger partial charge in [-0.3, -0.25) is 0 Å². The molecular formula is C15H19Cl2N3. The van der Waals surface area contributed by atoms with E-state index in [0.29, 0.717) is 0 Å². The molecule has 0 saturated heterocycles. The molecular weight excluding hydrogens is 293 g/mol. The van der Waals surface area contributed by atoms with E-state index in [1.807, 2.05) is 25.1 Å². The van der Waals surface area contributed by atoms with Crippen molar-refractivity contribution < 1.29 is 0 Å². The van der Waals surface area contributed by atoms with Crippen LogP contribution in [0.2, 0.25) is 5.02 Å². The number of likely N-dealkylation sites (N-methyl/N-ethyl adjacent to an activating group) is 1. The van der Waals surface area contributed by atoms with Crippen LogP contribution in [0.15, 0.2) is 18.2 Å². The average Bonchev–Trinajstić information content (AvgIpc) is 3.18. The Bertz CT molecular complexity index is 617. The van der Waals surface area contributed by atoms with Crippen LogP contribution in [0.25, 0.3) is 11.0 Å². The summed E-state index contributed by atoms with van der Waals surface area (Å²) < 4.78 is 2.21. The molecule has 1 aromatic heterocycles. The fourth-order valence-electron chi connectivity index (χ4n) is 2.61. The van der Waals surface area contributed by atoms with Gasteiger partial charge in [0.25, 0.3) is 0 Å². The van der Waals surface area contributed by atoms with Crippen molar-refractivity contribution >= 4 is 34.2 Å². The lowest BCUT2D eigenvalue weighted by atomic mass is 10.3. The van der Waals surface area contributed by atoms with Crippen molar-refractivity contribution in [1.82, 2.24) is 14.5 Å². The van der Waals surface area contributed by atoms with Gasteiger partial charge < -0.3 is 9.47 Å². The minimum Gasteiger partial charge on any atom is -0.325 e. The number of aromatic nitrogens is 2. The molecule has 1 heterocycles. The summed E-state index contributed by atoms with van der Waals surface area (Å²) in [5.41, 5.74) is 2.04. The molecule has 1 fully saturated rings. The maximum atomic E-state index is 6.28. The molecule has 0 aliphatic heterocycles. The van der Waals surface area contributed by atoms with Crippen LogP contribution in [0, 0.1) is 0 Å². The molecule has 1 aliphatic carbocycles. The highest BCUT2D eigenvalue weighted by Crippen LogP contribution is 2.28. The Hall–Kier alpha value is -0.770. The standard InChI is InChI=1S/C15H19Cl2N3/c1-10(16)15-18-13-6-3-11(17)9-14(13)20(15)8-7-19(2)12-4-5-12/h3,6,9-10,12H,4-5,7-8H2,1-2H3. The Kier molecular flexibility index (Phi) is 3.93. The quantitative estimate of drug-likeness (QED) is 0.776. The molecule has 0 bridgehead atoms. The first-order valence-electron chi connectivity index (χ1n) is 7.06. The van der Waals surface area contributed by atoms with Crippen molar-refractivity contribution in [3.8, 4) is 0 Å². The molecule has 1 aliphatic rings. The highest BCUT2D eigenvalue weighted by molar-refractivity contribution is 6.31. The molecule has 2 aromatic rings. The lowest BCUT2D eigenvalue weighted by molar-refractivity contribution is 0.309. The number of hydrogen-bond donors (Lipinski definition) is 0. The molecule has 0 amide bonds. The molecule has 0 radical (unpaired) electrons. The summed E-state index contributed by atoms with van der Waals surface area (Å²) in [6.07, 6.45) is 2.65. The van der Waals surface area contributed by atoms with Crippen LogP contribution in [0.4, 0.5) is 0 Å². The lowest BCUT2D eigenvalue weighted by Gasteiger charge is -2.18. The zero-order valence-corrected chi connectivity index (χ0v) is 13.3. The molecule has 5 heteroatoms. The number of rotatable bonds is 5. The summed E-state index contributed by atoms with van der Waals surface area (Å²) in [7, 11) is 2.19. The van der Waals surface area contributed by atoms with E-state index in [4.69, 9.17) is 23.2 Å². The Balaban J connectivity index is 1.92. The van der Waals surface area contributed by atoms with Gasteiger partial charge in [-0.2, -0.15) is 0 Å². The van der Waals surface area contributed by atoms with Gasteiger partial charge in [-0.15, -0.1) is 11.6 Å². The molecule has 0 spiro atoms. The third kappa shape index (κ3) is 2.80. The van der Waals surface area contributed by atoms with Gasteiger partial charge in [0.1, 0.15) is 5.82 Å². The van der Waals surface area contributed by atoms with Gasteiger partial charge in [-0.1, -0.05) is 11.6 Å². The van der Waals surface area contributed by atoms with E-state index in [1.54, 1.807) is 0 Å². The summed E-state index contributed by atoms with van der Waals surface area (Å²) in [5, 5.41) is 0.635. The van der Waals surface area contributed by atoms with Crippen LogP contribution in [-0.2, 0) is 6.54 Å². The van der Waals surface area contributed by atoms with E-state index < -0.39 is 0 Å². The van der Waals surface area contributed by atoms with Crippen LogP contribution in [0.5, 0.6) is 0 Å². The molecule has 108 valence electrons. The SMILES string of the molecule is CC(Cl)c1nc2ccc(Cl)cc2n1CCN(C)C1CC1. The van der Waals surface area contributed by atoms with E-state index >= 15 is 0 Å². The number of imidazole rings is 1. The average molecular weight is 312 g/mol. The van der Waals surface area contributed by atoms with Crippen molar-refractivity contribution in [2.24, 2.45) is 0 Å². The predicted molar refractivity (Wildman–Crippen MR) is 84.7 cm³/mol. The van der Waals surface area contributed by atoms with Crippen molar-refractivity contribution in [3.05, 3.63) is 29.0 Å². The normalized spacial score (nSPS) is 17.1. The van der Waals surface area contributed by atoms with Crippen LogP contribution < -0.4 is 0 Å². The largest absolute Gasteiger partial charge is 0.325 e. The number of nitrogens with zero attached hydrogens (tertiary/aromatic N) is 3. The summed E-state index contributed by atoms with van der Waals surface area (Å²) in [6.45, 7) is 3.88. The second kappa shape index (κ2) is 5.55. The summed E-state index contributed by atoms with van der Waals surface area (Å²) >= 11 is 12.4. The van der Waals surface area contributed by atoms with Crippen LogP contribution in [-0.4, -0.2) is 34.1 Å². The van der Waals surface area contributed by atoms with Crippen molar-refractivity contribution in [2.75, 3.05) is 13.6 Å². The summed E-state index contributed by atoms with van der Waals surface area (Å²) in [4.78, 5) is 7.06. The second-order valence-corrected chi connectivity index (χ2v) is 6.67. The Labute approximate surface area is 129 Å². The van der Waals surface area contributed by atoms with Crippen molar-refractivity contribution in [3.63, 3.8) is 0 Å². The van der Waals surface area contributed by atoms with E-state index in [0.717, 1.165) is 41.0 Å². The molecule has 0 N–H and O–H groups in total. The number of hydrogen-bond acceptors (Lipinski definition) is 2. The third-order valence-corrected chi connectivity index (χ3v) is 4.37. The topological polar surface area (TPSA) is 21.1 Å². The Morgan fingerprint density at radius 2 is 2.20 bits per heavy atom. The van der Waals surface area contributed by atoms with Crippen LogP contribution in [0.1, 0.15) is 31.0 Å². The highest BCUT2D eigenvalue weighted by Gasteiger charge is 2.26. The first kappa shape index (κ1) is 14.2. The molecule has 3 rings (SSSR count). The van der Waals surface area contributed by atoms with Gasteiger partial charge in [0.05, 0.1) is 16.4 Å². The van der Waals surface area contributed by atoms with Gasteiger partial charge in [0.15, 0.2) is 0 Å². The molecule has 20 heavy (non-hydrogen) atoms. The highest BCUT2D eigenvalue weighted by atomic mass is 35.5. The van der Waals surface area contributed by atoms with Gasteiger partial charge in [-0.25, -0.2) is 4.98 Å². The molecule has 1 atom stereocenters. The molecule has 1 saturated carbocycles. The minimum atomic E-state index is -0.104. The minimum absolute atomic E-state index is 0.104. The van der Waals surface area contributed by atoms with Crippen molar-refractivity contribution in [1.29, 1.82) is 0 Å². The van der Waals surface area contributed by atoms with E-state index in [9.17, 15) is 0 Å². The van der Waals surface area contributed by atoms with E-state index in [-0.39, 0.29) is 5.38 Å². The van der Waals surface area contributed by atoms with Crippen LogP contribution in [0.3, 0.4) is 0 Å². The smallest absolute Gasteiger partial charge is 0.127 e. The molecule has 1 unspecified atom stereocenters.